The van der Waals surface area contributed by atoms with Crippen LogP contribution >= 0.6 is 11.3 Å². The minimum Gasteiger partial charge on any atom is -0.455 e. The zero-order valence-corrected chi connectivity index (χ0v) is 16.1. The minimum absolute atomic E-state index is 0.0626. The van der Waals surface area contributed by atoms with Gasteiger partial charge in [-0.05, 0) is 42.2 Å². The van der Waals surface area contributed by atoms with E-state index in [2.05, 4.69) is 0 Å². The molecule has 1 aliphatic rings. The van der Waals surface area contributed by atoms with Crippen LogP contribution in [0.15, 0.2) is 16.8 Å². The Kier molecular flexibility index (Phi) is 6.97. The molecule has 1 aliphatic heterocycles. The summed E-state index contributed by atoms with van der Waals surface area (Å²) in [7, 11) is -1.54. The van der Waals surface area contributed by atoms with E-state index in [1.165, 1.54) is 9.21 Å². The second kappa shape index (κ2) is 8.77. The van der Waals surface area contributed by atoms with Gasteiger partial charge in [-0.25, -0.2) is 12.7 Å². The Hall–Kier alpha value is -1.45. The zero-order valence-electron chi connectivity index (χ0n) is 14.5. The van der Waals surface area contributed by atoms with Crippen molar-refractivity contribution in [1.82, 2.24) is 9.21 Å². The number of piperidine rings is 1. The Bertz CT molecular complexity index is 679. The van der Waals surface area contributed by atoms with Gasteiger partial charge in [0, 0.05) is 26.7 Å². The van der Waals surface area contributed by atoms with Crippen LogP contribution in [0.5, 0.6) is 0 Å². The molecule has 0 bridgehead atoms. The second-order valence-electron chi connectivity index (χ2n) is 6.06. The molecule has 0 atom stereocenters. The van der Waals surface area contributed by atoms with Gasteiger partial charge in [-0.2, -0.15) is 11.3 Å². The van der Waals surface area contributed by atoms with Gasteiger partial charge in [0.15, 0.2) is 6.61 Å². The predicted molar refractivity (Wildman–Crippen MR) is 95.5 cm³/mol. The molecule has 0 aromatic carbocycles. The van der Waals surface area contributed by atoms with Crippen molar-refractivity contribution in [2.75, 3.05) is 32.5 Å². The number of likely N-dealkylation sites (N-methyl/N-ethyl adjacent to an activating group) is 1. The standard InChI is InChI=1S/C16H24N2O5S2/c1-3-25(21,22)18-7-4-14(5-8-18)16(20)23-11-15(19)17(2)10-13-6-9-24-12-13/h6,9,12,14H,3-5,7-8,10-11H2,1-2H3. The first kappa shape index (κ1) is 19.9. The van der Waals surface area contributed by atoms with E-state index in [0.717, 1.165) is 5.56 Å². The van der Waals surface area contributed by atoms with Crippen LogP contribution in [0.25, 0.3) is 0 Å². The molecule has 0 spiro atoms. The maximum absolute atomic E-state index is 12.1. The van der Waals surface area contributed by atoms with Gasteiger partial charge in [-0.15, -0.1) is 0 Å². The van der Waals surface area contributed by atoms with E-state index in [1.807, 2.05) is 16.8 Å². The lowest BCUT2D eigenvalue weighted by atomic mass is 9.98. The third-order valence-electron chi connectivity index (χ3n) is 4.31. The normalized spacial score (nSPS) is 16.6. The first-order valence-corrected chi connectivity index (χ1v) is 10.8. The number of sulfonamides is 1. The monoisotopic (exact) mass is 388 g/mol. The Balaban J connectivity index is 1.74. The van der Waals surface area contributed by atoms with Gasteiger partial charge in [-0.1, -0.05) is 0 Å². The van der Waals surface area contributed by atoms with E-state index in [0.29, 0.717) is 32.5 Å². The number of amides is 1. The average molecular weight is 389 g/mol. The summed E-state index contributed by atoms with van der Waals surface area (Å²) >= 11 is 1.56. The highest BCUT2D eigenvalue weighted by Crippen LogP contribution is 2.21. The molecule has 0 aliphatic carbocycles. The quantitative estimate of drug-likeness (QED) is 0.658. The number of nitrogens with zero attached hydrogens (tertiary/aromatic N) is 2. The fraction of sp³-hybridized carbons (Fsp3) is 0.625. The van der Waals surface area contributed by atoms with E-state index in [-0.39, 0.29) is 24.2 Å². The molecule has 1 saturated heterocycles. The molecule has 0 radical (unpaired) electrons. The highest BCUT2D eigenvalue weighted by molar-refractivity contribution is 7.89. The predicted octanol–water partition coefficient (Wildman–Crippen LogP) is 1.31. The topological polar surface area (TPSA) is 84.0 Å². The minimum atomic E-state index is -3.21. The summed E-state index contributed by atoms with van der Waals surface area (Å²) in [5.74, 6) is -0.970. The van der Waals surface area contributed by atoms with Gasteiger partial charge in [0.2, 0.25) is 10.0 Å². The lowest BCUT2D eigenvalue weighted by Crippen LogP contribution is -2.41. The molecule has 1 fully saturated rings. The molecule has 25 heavy (non-hydrogen) atoms. The van der Waals surface area contributed by atoms with Crippen molar-refractivity contribution in [2.45, 2.75) is 26.3 Å². The van der Waals surface area contributed by atoms with Gasteiger partial charge < -0.3 is 9.64 Å². The third-order valence-corrected chi connectivity index (χ3v) is 6.92. The third kappa shape index (κ3) is 5.52. The lowest BCUT2D eigenvalue weighted by molar-refractivity contribution is -0.156. The number of hydrogen-bond acceptors (Lipinski definition) is 6. The molecule has 2 heterocycles. The van der Waals surface area contributed by atoms with Crippen molar-refractivity contribution in [3.8, 4) is 0 Å². The highest BCUT2D eigenvalue weighted by atomic mass is 32.2. The van der Waals surface area contributed by atoms with Gasteiger partial charge in [0.25, 0.3) is 5.91 Å². The van der Waals surface area contributed by atoms with E-state index < -0.39 is 16.0 Å². The molecule has 9 heteroatoms. The Morgan fingerprint density at radius 3 is 2.60 bits per heavy atom. The maximum atomic E-state index is 12.1. The van der Waals surface area contributed by atoms with E-state index in [4.69, 9.17) is 4.74 Å². The van der Waals surface area contributed by atoms with Crippen molar-refractivity contribution in [3.05, 3.63) is 22.4 Å². The molecule has 7 nitrogen and oxygen atoms in total. The number of ether oxygens (including phenoxy) is 1. The van der Waals surface area contributed by atoms with Gasteiger partial charge in [0.05, 0.1) is 11.7 Å². The molecule has 140 valence electrons. The number of esters is 1. The number of thiophene rings is 1. The first-order valence-electron chi connectivity index (χ1n) is 8.23. The van der Waals surface area contributed by atoms with Crippen LogP contribution in [0.1, 0.15) is 25.3 Å². The number of rotatable bonds is 7. The molecular weight excluding hydrogens is 364 g/mol. The molecular formula is C16H24N2O5S2. The van der Waals surface area contributed by atoms with Gasteiger partial charge >= 0.3 is 5.97 Å². The molecule has 0 saturated carbocycles. The van der Waals surface area contributed by atoms with Crippen molar-refractivity contribution in [2.24, 2.45) is 5.92 Å². The number of hydrogen-bond donors (Lipinski definition) is 0. The van der Waals surface area contributed by atoms with Crippen molar-refractivity contribution >= 4 is 33.2 Å². The highest BCUT2D eigenvalue weighted by Gasteiger charge is 2.31. The van der Waals surface area contributed by atoms with Crippen LogP contribution in [0.2, 0.25) is 0 Å². The van der Waals surface area contributed by atoms with Crippen molar-refractivity contribution in [1.29, 1.82) is 0 Å². The summed E-state index contributed by atoms with van der Waals surface area (Å²) in [6.07, 6.45) is 0.855. The Morgan fingerprint density at radius 2 is 2.04 bits per heavy atom. The summed E-state index contributed by atoms with van der Waals surface area (Å²) in [4.78, 5) is 25.7. The molecule has 1 amide bonds. The van der Waals surface area contributed by atoms with Gasteiger partial charge in [0.1, 0.15) is 0 Å². The molecule has 1 aromatic rings. The molecule has 0 N–H and O–H groups in total. The summed E-state index contributed by atoms with van der Waals surface area (Å²) in [5, 5.41) is 3.91. The van der Waals surface area contributed by atoms with Gasteiger partial charge in [-0.3, -0.25) is 9.59 Å². The van der Waals surface area contributed by atoms with Crippen LogP contribution in [-0.2, 0) is 30.9 Å². The van der Waals surface area contributed by atoms with E-state index in [9.17, 15) is 18.0 Å². The fourth-order valence-corrected chi connectivity index (χ4v) is 4.45. The van der Waals surface area contributed by atoms with E-state index >= 15 is 0 Å². The molecule has 2 rings (SSSR count). The maximum Gasteiger partial charge on any atom is 0.309 e. The summed E-state index contributed by atoms with van der Waals surface area (Å²) < 4.78 is 30.2. The second-order valence-corrected chi connectivity index (χ2v) is 9.10. The van der Waals surface area contributed by atoms with Crippen LogP contribution in [0.3, 0.4) is 0 Å². The summed E-state index contributed by atoms with van der Waals surface area (Å²) in [6.45, 7) is 2.44. The molecule has 1 aromatic heterocycles. The van der Waals surface area contributed by atoms with Crippen LogP contribution in [0.4, 0.5) is 0 Å². The number of carbonyl (C=O) groups is 2. The van der Waals surface area contributed by atoms with Crippen molar-refractivity contribution < 1.29 is 22.7 Å². The lowest BCUT2D eigenvalue weighted by Gasteiger charge is -2.29. The van der Waals surface area contributed by atoms with E-state index in [1.54, 1.807) is 25.3 Å². The Morgan fingerprint density at radius 1 is 1.36 bits per heavy atom. The summed E-state index contributed by atoms with van der Waals surface area (Å²) in [5.41, 5.74) is 1.04. The average Bonchev–Trinajstić information content (AvgIpc) is 3.12. The van der Waals surface area contributed by atoms with Crippen LogP contribution in [-0.4, -0.2) is 62.0 Å². The zero-order chi connectivity index (χ0) is 18.4. The first-order chi connectivity index (χ1) is 11.8. The Labute approximate surface area is 152 Å². The SMILES string of the molecule is CCS(=O)(=O)N1CCC(C(=O)OCC(=O)N(C)Cc2ccsc2)CC1. The van der Waals surface area contributed by atoms with Crippen LogP contribution in [0, 0.1) is 5.92 Å². The van der Waals surface area contributed by atoms with Crippen molar-refractivity contribution in [3.63, 3.8) is 0 Å². The number of carbonyl (C=O) groups excluding carboxylic acids is 2. The van der Waals surface area contributed by atoms with Crippen LogP contribution < -0.4 is 0 Å². The molecule has 0 unspecified atom stereocenters. The summed E-state index contributed by atoms with van der Waals surface area (Å²) in [6, 6.07) is 1.94. The fourth-order valence-electron chi connectivity index (χ4n) is 2.66. The smallest absolute Gasteiger partial charge is 0.309 e. The largest absolute Gasteiger partial charge is 0.455 e.